The van der Waals surface area contributed by atoms with Crippen LogP contribution in [-0.4, -0.2) is 76.5 Å². The predicted octanol–water partition coefficient (Wildman–Crippen LogP) is 3.33. The molecule has 0 unspecified atom stereocenters. The van der Waals surface area contributed by atoms with Gasteiger partial charge in [-0.2, -0.15) is 0 Å². The summed E-state index contributed by atoms with van der Waals surface area (Å²) in [7, 11) is -0.503. The van der Waals surface area contributed by atoms with Crippen LogP contribution < -0.4 is 15.5 Å². The van der Waals surface area contributed by atoms with Crippen molar-refractivity contribution in [1.82, 2.24) is 20.2 Å². The van der Waals surface area contributed by atoms with E-state index in [0.29, 0.717) is 31.6 Å². The maximum Gasteiger partial charge on any atom is 0.498 e. The standard InChI is InChI=1S/C27H45BN4O6/c1-18(2)21(31-24(34)36-25(3,4)5)22(33)32-13-10-19(11-14-32)12-15-35-23-29-16-20(17-30-23)28-37-26(6,7)27(8,9)38-28/h16-19,21H,10-15H2,1-9H3,(H,31,34)/t21-/m1/s1. The molecule has 3 rings (SSSR count). The van der Waals surface area contributed by atoms with Crippen molar-refractivity contribution >= 4 is 24.6 Å². The molecule has 3 heterocycles. The Morgan fingerprint density at radius 3 is 2.16 bits per heavy atom. The van der Waals surface area contributed by atoms with E-state index in [9.17, 15) is 9.59 Å². The third-order valence-electron chi connectivity index (χ3n) is 7.46. The van der Waals surface area contributed by atoms with Crippen molar-refractivity contribution in [3.05, 3.63) is 12.4 Å². The first-order valence-corrected chi connectivity index (χ1v) is 13.7. The second-order valence-corrected chi connectivity index (χ2v) is 12.7. The van der Waals surface area contributed by atoms with Crippen molar-refractivity contribution in [2.75, 3.05) is 19.7 Å². The first kappa shape index (κ1) is 30.2. The summed E-state index contributed by atoms with van der Waals surface area (Å²) >= 11 is 0. The van der Waals surface area contributed by atoms with E-state index in [2.05, 4.69) is 15.3 Å². The molecule has 0 bridgehead atoms. The summed E-state index contributed by atoms with van der Waals surface area (Å²) in [4.78, 5) is 35.9. The Kier molecular flexibility index (Phi) is 9.34. The quantitative estimate of drug-likeness (QED) is 0.508. The number of piperidine rings is 1. The Bertz CT molecular complexity index is 939. The van der Waals surface area contributed by atoms with Crippen molar-refractivity contribution in [2.24, 2.45) is 11.8 Å². The van der Waals surface area contributed by atoms with Crippen molar-refractivity contribution in [3.8, 4) is 6.01 Å². The van der Waals surface area contributed by atoms with E-state index in [1.165, 1.54) is 0 Å². The second-order valence-electron chi connectivity index (χ2n) is 12.7. The summed E-state index contributed by atoms with van der Waals surface area (Å²) in [6.45, 7) is 19.1. The van der Waals surface area contributed by atoms with E-state index in [1.54, 1.807) is 33.2 Å². The zero-order chi connectivity index (χ0) is 28.3. The highest BCUT2D eigenvalue weighted by Crippen LogP contribution is 2.36. The molecule has 11 heteroatoms. The van der Waals surface area contributed by atoms with Gasteiger partial charge in [0.25, 0.3) is 0 Å². The summed E-state index contributed by atoms with van der Waals surface area (Å²) < 4.78 is 23.2. The van der Waals surface area contributed by atoms with Gasteiger partial charge in [0.2, 0.25) is 5.91 Å². The van der Waals surface area contributed by atoms with Crippen LogP contribution in [0, 0.1) is 11.8 Å². The lowest BCUT2D eigenvalue weighted by atomic mass is 9.81. The zero-order valence-electron chi connectivity index (χ0n) is 24.5. The van der Waals surface area contributed by atoms with Gasteiger partial charge in [-0.05, 0) is 79.6 Å². The largest absolute Gasteiger partial charge is 0.498 e. The lowest BCUT2D eigenvalue weighted by molar-refractivity contribution is -0.136. The van der Waals surface area contributed by atoms with Crippen LogP contribution in [0.4, 0.5) is 4.79 Å². The van der Waals surface area contributed by atoms with Gasteiger partial charge < -0.3 is 29.0 Å². The van der Waals surface area contributed by atoms with Gasteiger partial charge in [0.15, 0.2) is 0 Å². The lowest BCUT2D eigenvalue weighted by Gasteiger charge is -2.35. The fourth-order valence-electron chi connectivity index (χ4n) is 4.41. The normalized spacial score (nSPS) is 20.4. The molecule has 1 N–H and O–H groups in total. The molecule has 38 heavy (non-hydrogen) atoms. The Balaban J connectivity index is 1.41. The molecule has 10 nitrogen and oxygen atoms in total. The number of nitrogens with zero attached hydrogens (tertiary/aromatic N) is 3. The molecule has 2 fully saturated rings. The van der Waals surface area contributed by atoms with E-state index in [4.69, 9.17) is 18.8 Å². The smallest absolute Gasteiger partial charge is 0.463 e. The van der Waals surface area contributed by atoms with Crippen molar-refractivity contribution in [3.63, 3.8) is 0 Å². The molecule has 1 atom stereocenters. The number of rotatable bonds is 8. The molecule has 0 spiro atoms. The Hall–Kier alpha value is -2.40. The van der Waals surface area contributed by atoms with Crippen LogP contribution in [0.2, 0.25) is 0 Å². The van der Waals surface area contributed by atoms with Crippen LogP contribution in [0.25, 0.3) is 0 Å². The highest BCUT2D eigenvalue weighted by Gasteiger charge is 2.52. The van der Waals surface area contributed by atoms with E-state index in [1.807, 2.05) is 46.4 Å². The van der Waals surface area contributed by atoms with Crippen LogP contribution in [0.15, 0.2) is 12.4 Å². The summed E-state index contributed by atoms with van der Waals surface area (Å²) in [6.07, 6.45) is 5.43. The maximum absolute atomic E-state index is 13.1. The molecule has 1 aromatic heterocycles. The lowest BCUT2D eigenvalue weighted by Crippen LogP contribution is -2.53. The van der Waals surface area contributed by atoms with Crippen molar-refractivity contribution in [1.29, 1.82) is 0 Å². The van der Waals surface area contributed by atoms with Gasteiger partial charge in [0, 0.05) is 30.9 Å². The average Bonchev–Trinajstić information content (AvgIpc) is 3.03. The Morgan fingerprint density at radius 2 is 1.66 bits per heavy atom. The number of hydrogen-bond acceptors (Lipinski definition) is 8. The number of aromatic nitrogens is 2. The molecular weight excluding hydrogens is 487 g/mol. The van der Waals surface area contributed by atoms with Crippen LogP contribution in [0.3, 0.4) is 0 Å². The molecule has 2 aliphatic heterocycles. The first-order valence-electron chi connectivity index (χ1n) is 13.7. The van der Waals surface area contributed by atoms with E-state index in [0.717, 1.165) is 24.7 Å². The molecule has 2 saturated heterocycles. The van der Waals surface area contributed by atoms with Crippen LogP contribution in [0.5, 0.6) is 6.01 Å². The maximum atomic E-state index is 13.1. The van der Waals surface area contributed by atoms with Gasteiger partial charge in [0.05, 0.1) is 17.8 Å². The third kappa shape index (κ3) is 7.82. The number of amides is 2. The second kappa shape index (κ2) is 11.8. The number of nitrogens with one attached hydrogen (secondary N) is 1. The number of hydrogen-bond donors (Lipinski definition) is 1. The van der Waals surface area contributed by atoms with Gasteiger partial charge in [-0.1, -0.05) is 13.8 Å². The van der Waals surface area contributed by atoms with Crippen LogP contribution >= 0.6 is 0 Å². The fraction of sp³-hybridized carbons (Fsp3) is 0.778. The van der Waals surface area contributed by atoms with Gasteiger partial charge in [-0.3, -0.25) is 4.79 Å². The summed E-state index contributed by atoms with van der Waals surface area (Å²) in [5.74, 6) is 0.340. The van der Waals surface area contributed by atoms with Gasteiger partial charge in [-0.15, -0.1) is 0 Å². The Labute approximate surface area is 227 Å². The SMILES string of the molecule is CC(C)[C@@H](NC(=O)OC(C)(C)C)C(=O)N1CCC(CCOc2ncc(B3OC(C)(C)C(C)(C)O3)cn2)CC1. The van der Waals surface area contributed by atoms with Gasteiger partial charge in [0.1, 0.15) is 11.6 Å². The monoisotopic (exact) mass is 532 g/mol. The molecule has 0 saturated carbocycles. The number of alkyl carbamates (subject to hydrolysis) is 1. The first-order chi connectivity index (χ1) is 17.6. The molecule has 0 aliphatic carbocycles. The minimum atomic E-state index is -0.616. The topological polar surface area (TPSA) is 112 Å². The highest BCUT2D eigenvalue weighted by atomic mass is 16.7. The van der Waals surface area contributed by atoms with Crippen LogP contribution in [-0.2, 0) is 18.8 Å². The number of ether oxygens (including phenoxy) is 2. The molecule has 1 aromatic rings. The minimum absolute atomic E-state index is 0.0442. The molecule has 0 aromatic carbocycles. The van der Waals surface area contributed by atoms with E-state index < -0.39 is 36.1 Å². The number of likely N-dealkylation sites (tertiary alicyclic amines) is 1. The molecule has 2 amide bonds. The number of carbonyl (C=O) groups is 2. The summed E-state index contributed by atoms with van der Waals surface area (Å²) in [5, 5.41) is 2.76. The third-order valence-corrected chi connectivity index (χ3v) is 7.46. The zero-order valence-corrected chi connectivity index (χ0v) is 24.5. The summed E-state index contributed by atoms with van der Waals surface area (Å²) in [5.41, 5.74) is -0.696. The highest BCUT2D eigenvalue weighted by molar-refractivity contribution is 6.61. The average molecular weight is 532 g/mol. The minimum Gasteiger partial charge on any atom is -0.463 e. The van der Waals surface area contributed by atoms with Gasteiger partial charge >= 0.3 is 19.2 Å². The molecule has 212 valence electrons. The Morgan fingerprint density at radius 1 is 1.11 bits per heavy atom. The molecule has 0 radical (unpaired) electrons. The summed E-state index contributed by atoms with van der Waals surface area (Å²) in [6, 6.07) is -0.284. The number of carbonyl (C=O) groups excluding carboxylic acids is 2. The van der Waals surface area contributed by atoms with E-state index >= 15 is 0 Å². The van der Waals surface area contributed by atoms with E-state index in [-0.39, 0.29) is 11.8 Å². The fourth-order valence-corrected chi connectivity index (χ4v) is 4.41. The van der Waals surface area contributed by atoms with Gasteiger partial charge in [-0.25, -0.2) is 14.8 Å². The predicted molar refractivity (Wildman–Crippen MR) is 145 cm³/mol. The van der Waals surface area contributed by atoms with Crippen molar-refractivity contribution in [2.45, 2.75) is 104 Å². The molecular formula is C27H45BN4O6. The van der Waals surface area contributed by atoms with Crippen molar-refractivity contribution < 1.29 is 28.4 Å². The van der Waals surface area contributed by atoms with Crippen LogP contribution in [0.1, 0.15) is 81.6 Å². The molecule has 2 aliphatic rings.